The van der Waals surface area contributed by atoms with E-state index in [1.807, 2.05) is 30.3 Å². The van der Waals surface area contributed by atoms with Crippen molar-refractivity contribution in [2.24, 2.45) is 10.9 Å². The molecule has 1 atom stereocenters. The molecule has 0 bridgehead atoms. The summed E-state index contributed by atoms with van der Waals surface area (Å²) in [5, 5.41) is 11.1. The normalized spacial score (nSPS) is 12.6. The van der Waals surface area contributed by atoms with Gasteiger partial charge >= 0.3 is 0 Å². The van der Waals surface area contributed by atoms with Crippen molar-refractivity contribution in [2.75, 3.05) is 20.2 Å². The predicted octanol–water partition coefficient (Wildman–Crippen LogP) is 3.91. The second kappa shape index (κ2) is 11.3. The molecular formula is C22H26ClN5O2. The minimum atomic E-state index is 0.326. The zero-order chi connectivity index (χ0) is 21.2. The topological polar surface area (TPSA) is 84.6 Å². The predicted molar refractivity (Wildman–Crippen MR) is 118 cm³/mol. The third-order valence-corrected chi connectivity index (χ3v) is 4.59. The molecule has 2 aromatic carbocycles. The molecule has 1 aromatic heterocycles. The Morgan fingerprint density at radius 1 is 1.13 bits per heavy atom. The Bertz CT molecular complexity index is 928. The van der Waals surface area contributed by atoms with E-state index in [2.05, 4.69) is 44.8 Å². The van der Waals surface area contributed by atoms with Gasteiger partial charge in [-0.2, -0.15) is 4.98 Å². The molecule has 0 saturated carbocycles. The molecule has 30 heavy (non-hydrogen) atoms. The van der Waals surface area contributed by atoms with Crippen LogP contribution in [0.3, 0.4) is 0 Å². The monoisotopic (exact) mass is 427 g/mol. The highest BCUT2D eigenvalue weighted by Crippen LogP contribution is 2.18. The van der Waals surface area contributed by atoms with Crippen LogP contribution in [0.25, 0.3) is 11.4 Å². The lowest BCUT2D eigenvalue weighted by Gasteiger charge is -2.15. The average molecular weight is 428 g/mol. The van der Waals surface area contributed by atoms with E-state index in [4.69, 9.17) is 20.9 Å². The molecule has 1 unspecified atom stereocenters. The maximum absolute atomic E-state index is 5.91. The molecule has 0 saturated heterocycles. The lowest BCUT2D eigenvalue weighted by atomic mass is 10.2. The minimum Gasteiger partial charge on any atom is -0.376 e. The van der Waals surface area contributed by atoms with Gasteiger partial charge in [0.15, 0.2) is 5.96 Å². The van der Waals surface area contributed by atoms with E-state index < -0.39 is 0 Å². The van der Waals surface area contributed by atoms with Crippen LogP contribution < -0.4 is 10.6 Å². The number of hydrogen-bond donors (Lipinski definition) is 2. The molecule has 0 radical (unpaired) electrons. The number of halogens is 1. The van der Waals surface area contributed by atoms with Gasteiger partial charge < -0.3 is 19.9 Å². The van der Waals surface area contributed by atoms with Crippen molar-refractivity contribution in [3.63, 3.8) is 0 Å². The van der Waals surface area contributed by atoms with Gasteiger partial charge in [0.25, 0.3) is 0 Å². The number of nitrogens with zero attached hydrogens (tertiary/aromatic N) is 3. The van der Waals surface area contributed by atoms with Gasteiger partial charge in [-0.1, -0.05) is 54.0 Å². The SMILES string of the molecule is CN=C(NCc1nc(-c2ccc(Cl)cc2)no1)NCC(C)COCc1ccccc1. The first kappa shape index (κ1) is 21.8. The number of guanidine groups is 1. The summed E-state index contributed by atoms with van der Waals surface area (Å²) in [6.07, 6.45) is 0. The average Bonchev–Trinajstić information content (AvgIpc) is 3.24. The van der Waals surface area contributed by atoms with Gasteiger partial charge in [0.05, 0.1) is 19.8 Å². The molecule has 3 rings (SSSR count). The van der Waals surface area contributed by atoms with Crippen molar-refractivity contribution < 1.29 is 9.26 Å². The Morgan fingerprint density at radius 2 is 1.90 bits per heavy atom. The van der Waals surface area contributed by atoms with E-state index in [1.54, 1.807) is 19.2 Å². The van der Waals surface area contributed by atoms with Crippen molar-refractivity contribution >= 4 is 17.6 Å². The van der Waals surface area contributed by atoms with Crippen LogP contribution in [0.2, 0.25) is 5.02 Å². The summed E-state index contributed by atoms with van der Waals surface area (Å²) in [4.78, 5) is 8.62. The zero-order valence-electron chi connectivity index (χ0n) is 17.1. The lowest BCUT2D eigenvalue weighted by molar-refractivity contribution is 0.0931. The molecular weight excluding hydrogens is 402 g/mol. The van der Waals surface area contributed by atoms with Gasteiger partial charge in [0.2, 0.25) is 11.7 Å². The molecule has 2 N–H and O–H groups in total. The van der Waals surface area contributed by atoms with Crippen LogP contribution in [0.4, 0.5) is 0 Å². The number of hydrogen-bond acceptors (Lipinski definition) is 5. The van der Waals surface area contributed by atoms with Crippen molar-refractivity contribution in [3.8, 4) is 11.4 Å². The molecule has 3 aromatic rings. The molecule has 0 spiro atoms. The summed E-state index contributed by atoms with van der Waals surface area (Å²) in [6, 6.07) is 17.4. The summed E-state index contributed by atoms with van der Waals surface area (Å²) in [5.74, 6) is 1.99. The summed E-state index contributed by atoms with van der Waals surface area (Å²) in [5.41, 5.74) is 2.02. The van der Waals surface area contributed by atoms with E-state index in [9.17, 15) is 0 Å². The van der Waals surface area contributed by atoms with Crippen molar-refractivity contribution in [3.05, 3.63) is 71.1 Å². The van der Waals surface area contributed by atoms with E-state index in [1.165, 1.54) is 5.56 Å². The molecule has 1 heterocycles. The van der Waals surface area contributed by atoms with Crippen molar-refractivity contribution in [2.45, 2.75) is 20.1 Å². The Balaban J connectivity index is 1.39. The van der Waals surface area contributed by atoms with E-state index >= 15 is 0 Å². The fraction of sp³-hybridized carbons (Fsp3) is 0.318. The maximum Gasteiger partial charge on any atom is 0.246 e. The number of aromatic nitrogens is 2. The molecule has 0 aliphatic heterocycles. The minimum absolute atomic E-state index is 0.326. The highest BCUT2D eigenvalue weighted by atomic mass is 35.5. The Hall–Kier alpha value is -2.90. The van der Waals surface area contributed by atoms with Gasteiger partial charge in [-0.15, -0.1) is 0 Å². The van der Waals surface area contributed by atoms with Crippen LogP contribution >= 0.6 is 11.6 Å². The summed E-state index contributed by atoms with van der Waals surface area (Å²) in [7, 11) is 1.72. The highest BCUT2D eigenvalue weighted by Gasteiger charge is 2.10. The van der Waals surface area contributed by atoms with Crippen LogP contribution in [0.15, 0.2) is 64.1 Å². The van der Waals surface area contributed by atoms with E-state index in [0.717, 1.165) is 12.1 Å². The number of ether oxygens (including phenoxy) is 1. The zero-order valence-corrected chi connectivity index (χ0v) is 17.9. The van der Waals surface area contributed by atoms with Crippen molar-refractivity contribution in [1.82, 2.24) is 20.8 Å². The summed E-state index contributed by atoms with van der Waals surface area (Å²) >= 11 is 5.91. The van der Waals surface area contributed by atoms with Crippen LogP contribution in [0.5, 0.6) is 0 Å². The first-order valence-electron chi connectivity index (χ1n) is 9.78. The Morgan fingerprint density at radius 3 is 2.63 bits per heavy atom. The first-order chi connectivity index (χ1) is 14.6. The second-order valence-electron chi connectivity index (χ2n) is 6.93. The lowest BCUT2D eigenvalue weighted by Crippen LogP contribution is -2.39. The van der Waals surface area contributed by atoms with Gasteiger partial charge in [-0.05, 0) is 35.7 Å². The molecule has 8 heteroatoms. The summed E-state index contributed by atoms with van der Waals surface area (Å²) < 4.78 is 11.1. The second-order valence-corrected chi connectivity index (χ2v) is 7.37. The van der Waals surface area contributed by atoms with Crippen LogP contribution in [-0.2, 0) is 17.9 Å². The smallest absolute Gasteiger partial charge is 0.246 e. The fourth-order valence-electron chi connectivity index (χ4n) is 2.70. The van der Waals surface area contributed by atoms with E-state index in [0.29, 0.717) is 48.4 Å². The number of aliphatic imine (C=N–C) groups is 1. The van der Waals surface area contributed by atoms with Gasteiger partial charge in [-0.25, -0.2) is 0 Å². The number of nitrogens with one attached hydrogen (secondary N) is 2. The molecule has 0 aliphatic carbocycles. The van der Waals surface area contributed by atoms with Crippen LogP contribution in [0, 0.1) is 5.92 Å². The third-order valence-electron chi connectivity index (χ3n) is 4.33. The Kier molecular flexibility index (Phi) is 8.23. The van der Waals surface area contributed by atoms with E-state index in [-0.39, 0.29) is 0 Å². The van der Waals surface area contributed by atoms with Crippen LogP contribution in [0.1, 0.15) is 18.4 Å². The van der Waals surface area contributed by atoms with Gasteiger partial charge in [-0.3, -0.25) is 4.99 Å². The molecule has 158 valence electrons. The molecule has 0 amide bonds. The van der Waals surface area contributed by atoms with Crippen molar-refractivity contribution in [1.29, 1.82) is 0 Å². The molecule has 7 nitrogen and oxygen atoms in total. The largest absolute Gasteiger partial charge is 0.376 e. The standard InChI is InChI=1S/C22H26ClN5O2/c1-16(14-29-15-17-6-4-3-5-7-17)12-25-22(24-2)26-13-20-27-21(28-30-20)18-8-10-19(23)11-9-18/h3-11,16H,12-15H2,1-2H3,(H2,24,25,26). The number of rotatable bonds is 9. The third kappa shape index (κ3) is 6.86. The summed E-state index contributed by atoms with van der Waals surface area (Å²) in [6.45, 7) is 4.51. The fourth-order valence-corrected chi connectivity index (χ4v) is 2.83. The first-order valence-corrected chi connectivity index (χ1v) is 10.2. The molecule has 0 fully saturated rings. The molecule has 0 aliphatic rings. The van der Waals surface area contributed by atoms with Gasteiger partial charge in [0, 0.05) is 24.2 Å². The van der Waals surface area contributed by atoms with Gasteiger partial charge in [0.1, 0.15) is 0 Å². The van der Waals surface area contributed by atoms with Crippen LogP contribution in [-0.4, -0.2) is 36.3 Å². The Labute approximate surface area is 181 Å². The highest BCUT2D eigenvalue weighted by molar-refractivity contribution is 6.30. The maximum atomic E-state index is 5.91. The number of benzene rings is 2. The quantitative estimate of drug-likeness (QED) is 0.398.